The Morgan fingerprint density at radius 3 is 1.30 bits per heavy atom. The van der Waals surface area contributed by atoms with Crippen molar-refractivity contribution in [1.29, 1.82) is 0 Å². The highest BCUT2D eigenvalue weighted by Crippen LogP contribution is 2.56. The molecule has 0 saturated carbocycles. The van der Waals surface area contributed by atoms with E-state index in [4.69, 9.17) is 0 Å². The molecule has 2 N–H and O–H groups in total. The van der Waals surface area contributed by atoms with Gasteiger partial charge in [0.15, 0.2) is 0 Å². The molecule has 5 rings (SSSR count). The van der Waals surface area contributed by atoms with Crippen LogP contribution in [0.1, 0.15) is 30.0 Å². The molecule has 1 heterocycles. The predicted octanol–water partition coefficient (Wildman–Crippen LogP) is 4.37. The van der Waals surface area contributed by atoms with Crippen LogP contribution in [0.5, 0.6) is 0 Å². The lowest BCUT2D eigenvalue weighted by Gasteiger charge is -2.29. The van der Waals surface area contributed by atoms with E-state index < -0.39 is 19.7 Å². The number of aliphatic hydroxyl groups excluding tert-OH is 2. The van der Waals surface area contributed by atoms with E-state index in [1.54, 1.807) is 4.90 Å². The van der Waals surface area contributed by atoms with Crippen molar-refractivity contribution in [2.45, 2.75) is 18.9 Å². The molecular formula is C29H29NO2P+. The summed E-state index contributed by atoms with van der Waals surface area (Å²) in [7, 11) is -1.91. The minimum atomic E-state index is -1.91. The molecule has 1 aliphatic heterocycles. The molecule has 0 aromatic heterocycles. The molecule has 166 valence electrons. The van der Waals surface area contributed by atoms with Crippen molar-refractivity contribution >= 4 is 23.2 Å². The van der Waals surface area contributed by atoms with Crippen molar-refractivity contribution in [3.8, 4) is 0 Å². The molecule has 33 heavy (non-hydrogen) atoms. The standard InChI is InChI=1S/C29H29NO2P/c31-28-26-19-10-11-20-27(26)29(32)30(28)21-12-22-33(23-13-4-1-5-14-23,24-15-6-2-7-16-24)25-17-8-3-9-18-25/h1-11,13-20,28-29,31-32H,12,21-22H2/q+1. The zero-order valence-electron chi connectivity index (χ0n) is 18.5. The Balaban J connectivity index is 1.50. The van der Waals surface area contributed by atoms with E-state index in [0.29, 0.717) is 6.54 Å². The summed E-state index contributed by atoms with van der Waals surface area (Å²) in [6.45, 7) is 0.616. The number of fused-ring (bicyclic) bond motifs is 1. The molecule has 4 heteroatoms. The highest BCUT2D eigenvalue weighted by molar-refractivity contribution is 7.95. The van der Waals surface area contributed by atoms with Gasteiger partial charge in [-0.3, -0.25) is 0 Å². The summed E-state index contributed by atoms with van der Waals surface area (Å²) >= 11 is 0. The molecule has 4 aromatic carbocycles. The number of hydrogen-bond donors (Lipinski definition) is 2. The molecular weight excluding hydrogens is 425 g/mol. The fraction of sp³-hybridized carbons (Fsp3) is 0.172. The van der Waals surface area contributed by atoms with Crippen LogP contribution < -0.4 is 15.9 Å². The van der Waals surface area contributed by atoms with Gasteiger partial charge in [-0.1, -0.05) is 78.9 Å². The van der Waals surface area contributed by atoms with Gasteiger partial charge in [0.2, 0.25) is 0 Å². The Hall–Kier alpha value is -2.81. The first-order valence-corrected chi connectivity index (χ1v) is 13.4. The summed E-state index contributed by atoms with van der Waals surface area (Å²) in [5.74, 6) is 0. The lowest BCUT2D eigenvalue weighted by atomic mass is 10.1. The van der Waals surface area contributed by atoms with Crippen molar-refractivity contribution in [2.75, 3.05) is 12.7 Å². The number of benzene rings is 4. The summed E-state index contributed by atoms with van der Waals surface area (Å²) in [6, 6.07) is 40.1. The minimum Gasteiger partial charge on any atom is -0.374 e. The molecule has 3 nitrogen and oxygen atoms in total. The van der Waals surface area contributed by atoms with Gasteiger partial charge in [-0.05, 0) is 42.8 Å². The van der Waals surface area contributed by atoms with E-state index in [1.165, 1.54) is 15.9 Å². The van der Waals surface area contributed by atoms with Crippen molar-refractivity contribution < 1.29 is 10.2 Å². The van der Waals surface area contributed by atoms with Gasteiger partial charge in [0.05, 0.1) is 6.16 Å². The van der Waals surface area contributed by atoms with Crippen LogP contribution in [0.15, 0.2) is 115 Å². The maximum atomic E-state index is 10.9. The fourth-order valence-electron chi connectivity index (χ4n) is 5.09. The SMILES string of the molecule is OC1c2ccccc2C(O)N1CCC[P+](c1ccccc1)(c1ccccc1)c1ccccc1. The average Bonchev–Trinajstić information content (AvgIpc) is 3.13. The fourth-order valence-corrected chi connectivity index (χ4v) is 9.42. The van der Waals surface area contributed by atoms with Crippen LogP contribution in [-0.2, 0) is 0 Å². The molecule has 0 amide bonds. The monoisotopic (exact) mass is 454 g/mol. The van der Waals surface area contributed by atoms with Gasteiger partial charge in [-0.15, -0.1) is 0 Å². The zero-order valence-corrected chi connectivity index (χ0v) is 19.4. The van der Waals surface area contributed by atoms with Gasteiger partial charge in [-0.25, -0.2) is 4.90 Å². The minimum absolute atomic E-state index is 0.616. The Morgan fingerprint density at radius 1 is 0.545 bits per heavy atom. The van der Waals surface area contributed by atoms with Crippen LogP contribution in [0.3, 0.4) is 0 Å². The van der Waals surface area contributed by atoms with Crippen LogP contribution in [0, 0.1) is 0 Å². The second-order valence-corrected chi connectivity index (χ2v) is 12.1. The molecule has 4 aromatic rings. The van der Waals surface area contributed by atoms with Gasteiger partial charge in [0, 0.05) is 17.7 Å². The average molecular weight is 455 g/mol. The van der Waals surface area contributed by atoms with Crippen molar-refractivity contribution in [2.24, 2.45) is 0 Å². The van der Waals surface area contributed by atoms with Crippen molar-refractivity contribution in [3.05, 3.63) is 126 Å². The van der Waals surface area contributed by atoms with Gasteiger partial charge in [-0.2, -0.15) is 0 Å². The van der Waals surface area contributed by atoms with E-state index in [2.05, 4.69) is 91.0 Å². The van der Waals surface area contributed by atoms with Gasteiger partial charge < -0.3 is 10.2 Å². The predicted molar refractivity (Wildman–Crippen MR) is 138 cm³/mol. The Morgan fingerprint density at radius 2 is 0.909 bits per heavy atom. The molecule has 1 aliphatic rings. The van der Waals surface area contributed by atoms with Crippen molar-refractivity contribution in [3.63, 3.8) is 0 Å². The highest BCUT2D eigenvalue weighted by Gasteiger charge is 2.45. The summed E-state index contributed by atoms with van der Waals surface area (Å²) < 4.78 is 0. The van der Waals surface area contributed by atoms with E-state index in [-0.39, 0.29) is 0 Å². The highest BCUT2D eigenvalue weighted by atomic mass is 31.2. The Labute approximate surface area is 196 Å². The maximum Gasteiger partial charge on any atom is 0.136 e. The lowest BCUT2D eigenvalue weighted by Crippen LogP contribution is -2.35. The molecule has 0 radical (unpaired) electrons. The number of aliphatic hydroxyl groups is 2. The quantitative estimate of drug-likeness (QED) is 0.408. The van der Waals surface area contributed by atoms with Gasteiger partial charge in [0.1, 0.15) is 35.6 Å². The van der Waals surface area contributed by atoms with E-state index in [1.807, 2.05) is 24.3 Å². The van der Waals surface area contributed by atoms with Crippen molar-refractivity contribution in [1.82, 2.24) is 4.90 Å². The third kappa shape index (κ3) is 4.03. The number of nitrogens with zero attached hydrogens (tertiary/aromatic N) is 1. The van der Waals surface area contributed by atoms with Crippen LogP contribution >= 0.6 is 7.26 Å². The summed E-state index contributed by atoms with van der Waals surface area (Å²) in [5, 5.41) is 25.8. The maximum absolute atomic E-state index is 10.9. The van der Waals surface area contributed by atoms with E-state index >= 15 is 0 Å². The molecule has 0 aliphatic carbocycles. The van der Waals surface area contributed by atoms with Crippen LogP contribution in [0.2, 0.25) is 0 Å². The Bertz CT molecular complexity index is 1060. The molecule has 0 fully saturated rings. The summed E-state index contributed by atoms with van der Waals surface area (Å²) in [6.07, 6.45) is 0.273. The van der Waals surface area contributed by atoms with Gasteiger partial charge >= 0.3 is 0 Å². The first-order valence-electron chi connectivity index (χ1n) is 11.5. The number of rotatable bonds is 7. The third-order valence-corrected chi connectivity index (χ3v) is 11.2. The number of hydrogen-bond acceptors (Lipinski definition) is 3. The second-order valence-electron chi connectivity index (χ2n) is 8.51. The van der Waals surface area contributed by atoms with Gasteiger partial charge in [0.25, 0.3) is 0 Å². The molecule has 0 bridgehead atoms. The molecule has 0 saturated heterocycles. The summed E-state index contributed by atoms with van der Waals surface area (Å²) in [4.78, 5) is 1.81. The summed E-state index contributed by atoms with van der Waals surface area (Å²) in [5.41, 5.74) is 1.61. The molecule has 2 unspecified atom stereocenters. The first kappa shape index (κ1) is 22.0. The zero-order chi connectivity index (χ0) is 22.7. The topological polar surface area (TPSA) is 43.7 Å². The largest absolute Gasteiger partial charge is 0.374 e. The lowest BCUT2D eigenvalue weighted by molar-refractivity contribution is -0.0838. The van der Waals surface area contributed by atoms with Crippen LogP contribution in [0.25, 0.3) is 0 Å². The third-order valence-electron chi connectivity index (χ3n) is 6.68. The van der Waals surface area contributed by atoms with E-state index in [9.17, 15) is 10.2 Å². The van der Waals surface area contributed by atoms with Crippen LogP contribution in [-0.4, -0.2) is 27.8 Å². The normalized spacial score (nSPS) is 18.2. The molecule has 2 atom stereocenters. The smallest absolute Gasteiger partial charge is 0.136 e. The van der Waals surface area contributed by atoms with E-state index in [0.717, 1.165) is 23.7 Å². The molecule has 0 spiro atoms. The second kappa shape index (κ2) is 9.59. The van der Waals surface area contributed by atoms with Crippen LogP contribution in [0.4, 0.5) is 0 Å². The Kier molecular flexibility index (Phi) is 6.39. The first-order chi connectivity index (χ1) is 16.2.